The van der Waals surface area contributed by atoms with Gasteiger partial charge >= 0.3 is 5.97 Å². The van der Waals surface area contributed by atoms with Crippen LogP contribution in [0.15, 0.2) is 29.3 Å². The van der Waals surface area contributed by atoms with Gasteiger partial charge in [0.05, 0.1) is 11.3 Å². The molecule has 1 fully saturated rings. The van der Waals surface area contributed by atoms with E-state index in [9.17, 15) is 14.0 Å². The molecule has 0 unspecified atom stereocenters. The quantitative estimate of drug-likeness (QED) is 0.721. The molecule has 2 rings (SSSR count). The Morgan fingerprint density at radius 3 is 2.58 bits per heavy atom. The summed E-state index contributed by atoms with van der Waals surface area (Å²) in [7, 11) is 0. The molecule has 1 aromatic rings. The van der Waals surface area contributed by atoms with Crippen LogP contribution >= 0.6 is 0 Å². The third-order valence-electron chi connectivity index (χ3n) is 3.01. The van der Waals surface area contributed by atoms with Gasteiger partial charge in [-0.25, -0.2) is 9.18 Å². The van der Waals surface area contributed by atoms with Crippen LogP contribution in [0, 0.1) is 5.82 Å². The van der Waals surface area contributed by atoms with Crippen LogP contribution in [0.3, 0.4) is 0 Å². The summed E-state index contributed by atoms with van der Waals surface area (Å²) in [6.45, 7) is 2.95. The fourth-order valence-electron chi connectivity index (χ4n) is 1.70. The van der Waals surface area contributed by atoms with Crippen molar-refractivity contribution in [2.45, 2.75) is 6.92 Å². The average Bonchev–Trinajstić information content (AvgIpc) is 2.26. The van der Waals surface area contributed by atoms with Crippen molar-refractivity contribution in [1.82, 2.24) is 5.32 Å². The topological polar surface area (TPSA) is 78.4 Å². The van der Waals surface area contributed by atoms with Crippen molar-refractivity contribution in [1.29, 1.82) is 0 Å². The van der Waals surface area contributed by atoms with Gasteiger partial charge in [0.15, 0.2) is 0 Å². The molecule has 100 valence electrons. The molecule has 5 nitrogen and oxygen atoms in total. The van der Waals surface area contributed by atoms with Crippen LogP contribution in [-0.2, 0) is 4.79 Å². The van der Waals surface area contributed by atoms with Crippen LogP contribution in [0.1, 0.15) is 17.3 Å². The molecule has 0 saturated carbocycles. The number of hydrogen-bond acceptors (Lipinski definition) is 3. The number of halogens is 1. The minimum absolute atomic E-state index is 0.0373. The Kier molecular flexibility index (Phi) is 3.62. The summed E-state index contributed by atoms with van der Waals surface area (Å²) in [5, 5.41) is 14.4. The van der Waals surface area contributed by atoms with Gasteiger partial charge in [-0.3, -0.25) is 4.79 Å². The molecule has 0 spiro atoms. The second-order valence-electron chi connectivity index (χ2n) is 4.28. The number of carboxylic acid groups (broad SMARTS) is 1. The number of rotatable bonds is 3. The minimum atomic E-state index is -1.22. The van der Waals surface area contributed by atoms with Crippen LogP contribution in [0.5, 0.6) is 0 Å². The van der Waals surface area contributed by atoms with Gasteiger partial charge in [-0.15, -0.1) is 0 Å². The molecule has 19 heavy (non-hydrogen) atoms. The lowest BCUT2D eigenvalue weighted by molar-refractivity contribution is -0.112. The zero-order valence-corrected chi connectivity index (χ0v) is 10.3. The van der Waals surface area contributed by atoms with Crippen LogP contribution < -0.4 is 10.6 Å². The zero-order chi connectivity index (χ0) is 14.0. The van der Waals surface area contributed by atoms with E-state index in [0.717, 1.165) is 23.8 Å². The fourth-order valence-corrected chi connectivity index (χ4v) is 1.70. The van der Waals surface area contributed by atoms with Crippen molar-refractivity contribution in [3.63, 3.8) is 0 Å². The maximum atomic E-state index is 13.1. The van der Waals surface area contributed by atoms with Crippen molar-refractivity contribution in [3.05, 3.63) is 40.7 Å². The van der Waals surface area contributed by atoms with E-state index in [0.29, 0.717) is 18.7 Å². The highest BCUT2D eigenvalue weighted by atomic mass is 19.1. The third-order valence-corrected chi connectivity index (χ3v) is 3.01. The van der Waals surface area contributed by atoms with E-state index in [-0.39, 0.29) is 11.3 Å². The first-order valence-corrected chi connectivity index (χ1v) is 5.72. The summed E-state index contributed by atoms with van der Waals surface area (Å²) in [6.07, 6.45) is 0. The number of amides is 1. The lowest BCUT2D eigenvalue weighted by atomic mass is 10.0. The monoisotopic (exact) mass is 264 g/mol. The Bertz CT molecular complexity index is 575. The third kappa shape index (κ3) is 2.79. The lowest BCUT2D eigenvalue weighted by Crippen LogP contribution is -2.36. The molecule has 1 aliphatic rings. The lowest BCUT2D eigenvalue weighted by Gasteiger charge is -2.21. The Labute approximate surface area is 109 Å². The molecule has 6 heteroatoms. The maximum Gasteiger partial charge on any atom is 0.337 e. The van der Waals surface area contributed by atoms with Gasteiger partial charge < -0.3 is 15.7 Å². The number of aromatic carboxylic acids is 1. The fraction of sp³-hybridized carbons (Fsp3) is 0.231. The van der Waals surface area contributed by atoms with Crippen LogP contribution in [0.4, 0.5) is 10.1 Å². The van der Waals surface area contributed by atoms with Gasteiger partial charge in [0.1, 0.15) is 5.82 Å². The summed E-state index contributed by atoms with van der Waals surface area (Å²) in [6, 6.07) is 3.17. The zero-order valence-electron chi connectivity index (χ0n) is 10.3. The summed E-state index contributed by atoms with van der Waals surface area (Å²) in [5.74, 6) is -2.23. The van der Waals surface area contributed by atoms with E-state index in [2.05, 4.69) is 10.6 Å². The molecule has 0 atom stereocenters. The highest BCUT2D eigenvalue weighted by molar-refractivity contribution is 6.07. The summed E-state index contributed by atoms with van der Waals surface area (Å²) in [4.78, 5) is 22.9. The smallest absolute Gasteiger partial charge is 0.337 e. The maximum absolute atomic E-state index is 13.1. The van der Waals surface area contributed by atoms with Gasteiger partial charge in [-0.2, -0.15) is 0 Å². The molecule has 1 aromatic carbocycles. The molecule has 3 N–H and O–H groups in total. The van der Waals surface area contributed by atoms with Crippen molar-refractivity contribution in [2.75, 3.05) is 18.4 Å². The second-order valence-corrected chi connectivity index (χ2v) is 4.28. The Balaban J connectivity index is 2.25. The largest absolute Gasteiger partial charge is 0.478 e. The van der Waals surface area contributed by atoms with Crippen molar-refractivity contribution in [3.8, 4) is 0 Å². The number of benzene rings is 1. The molecular weight excluding hydrogens is 251 g/mol. The molecule has 0 aliphatic carbocycles. The highest BCUT2D eigenvalue weighted by Crippen LogP contribution is 2.19. The number of anilines is 1. The molecule has 1 amide bonds. The Morgan fingerprint density at radius 2 is 2.05 bits per heavy atom. The average molecular weight is 264 g/mol. The molecule has 1 aliphatic heterocycles. The summed E-state index contributed by atoms with van der Waals surface area (Å²) in [5.41, 5.74) is 1.31. The molecule has 0 aromatic heterocycles. The molecule has 0 bridgehead atoms. The number of carbonyl (C=O) groups is 2. The highest BCUT2D eigenvalue weighted by Gasteiger charge is 2.18. The van der Waals surface area contributed by atoms with E-state index >= 15 is 0 Å². The van der Waals surface area contributed by atoms with Gasteiger partial charge in [0.2, 0.25) is 0 Å². The first-order valence-electron chi connectivity index (χ1n) is 5.72. The first kappa shape index (κ1) is 13.2. The Morgan fingerprint density at radius 1 is 1.37 bits per heavy atom. The van der Waals surface area contributed by atoms with Crippen LogP contribution in [-0.4, -0.2) is 30.1 Å². The number of nitrogens with one attached hydrogen (secondary N) is 2. The molecule has 1 heterocycles. The molecule has 1 saturated heterocycles. The van der Waals surface area contributed by atoms with Gasteiger partial charge in [-0.05, 0) is 30.7 Å². The molecular formula is C13H13FN2O3. The number of hydrogen-bond donors (Lipinski definition) is 3. The second kappa shape index (κ2) is 5.19. The van der Waals surface area contributed by atoms with Crippen LogP contribution in [0.25, 0.3) is 0 Å². The van der Waals surface area contributed by atoms with Crippen molar-refractivity contribution >= 4 is 17.6 Å². The van der Waals surface area contributed by atoms with Crippen molar-refractivity contribution < 1.29 is 19.1 Å². The minimum Gasteiger partial charge on any atom is -0.478 e. The number of carbonyl (C=O) groups excluding carboxylic acids is 1. The van der Waals surface area contributed by atoms with Gasteiger partial charge in [-0.1, -0.05) is 0 Å². The summed E-state index contributed by atoms with van der Waals surface area (Å²) >= 11 is 0. The predicted octanol–water partition coefficient (Wildman–Crippen LogP) is 1.38. The van der Waals surface area contributed by atoms with Gasteiger partial charge in [0.25, 0.3) is 5.91 Å². The van der Waals surface area contributed by atoms with E-state index in [4.69, 9.17) is 5.11 Å². The SMILES string of the molecule is CC(C(=O)Nc1cc(F)ccc1C(=O)O)=C1CNC1. The molecule has 0 radical (unpaired) electrons. The van der Waals surface area contributed by atoms with E-state index in [1.807, 2.05) is 0 Å². The number of carboxylic acids is 1. The van der Waals surface area contributed by atoms with E-state index < -0.39 is 17.7 Å². The van der Waals surface area contributed by atoms with Gasteiger partial charge in [0, 0.05) is 18.7 Å². The summed E-state index contributed by atoms with van der Waals surface area (Å²) < 4.78 is 13.1. The predicted molar refractivity (Wildman–Crippen MR) is 67.6 cm³/mol. The normalized spacial score (nSPS) is 13.7. The Hall–Kier alpha value is -2.21. The van der Waals surface area contributed by atoms with Crippen LogP contribution in [0.2, 0.25) is 0 Å². The van der Waals surface area contributed by atoms with Crippen molar-refractivity contribution in [2.24, 2.45) is 0 Å². The van der Waals surface area contributed by atoms with E-state index in [1.165, 1.54) is 0 Å². The standard InChI is InChI=1S/C13H13FN2O3/c1-7(8-5-15-6-8)12(17)16-11-4-9(14)2-3-10(11)13(18)19/h2-4,15H,5-6H2,1H3,(H,16,17)(H,18,19). The van der Waals surface area contributed by atoms with E-state index in [1.54, 1.807) is 6.92 Å². The first-order chi connectivity index (χ1) is 8.99.